The van der Waals surface area contributed by atoms with E-state index in [0.29, 0.717) is 59.2 Å². The Balaban J connectivity index is 1.15. The molecule has 9 aliphatic carbocycles. The van der Waals surface area contributed by atoms with Gasteiger partial charge in [0.15, 0.2) is 0 Å². The van der Waals surface area contributed by atoms with E-state index in [-0.39, 0.29) is 0 Å². The molecule has 3 aliphatic heterocycles. The van der Waals surface area contributed by atoms with Crippen molar-refractivity contribution in [3.63, 3.8) is 0 Å². The van der Waals surface area contributed by atoms with Gasteiger partial charge in [-0.25, -0.2) is 0 Å². The van der Waals surface area contributed by atoms with Gasteiger partial charge in [0.2, 0.25) is 0 Å². The van der Waals surface area contributed by atoms with Crippen LogP contribution in [0.25, 0.3) is 11.1 Å². The van der Waals surface area contributed by atoms with Crippen molar-refractivity contribution < 1.29 is 0 Å². The van der Waals surface area contributed by atoms with Crippen LogP contribution >= 0.6 is 0 Å². The maximum atomic E-state index is 6.46. The number of rotatable bonds is 4. The molecule has 2 N–H and O–H groups in total. The maximum absolute atomic E-state index is 6.46. The fourth-order valence-corrected chi connectivity index (χ4v) is 17.9. The Hall–Kier alpha value is -2.62. The normalized spacial score (nSPS) is 34.6. The SMILES string of the molecule is C1CCC(C2=C3NC(=C(C4CCCCC4)C4=NC(=C(C5CCCCC5)c5[nH]c(c6c5CCCC6)C(C5CCCCC5)=C5N=C2C2CCCCC52)C2CCCCC42)C2CCCCC32)CC1. The van der Waals surface area contributed by atoms with Gasteiger partial charge in [-0.15, -0.1) is 0 Å². The van der Waals surface area contributed by atoms with Crippen LogP contribution < -0.4 is 5.32 Å². The van der Waals surface area contributed by atoms with Gasteiger partial charge in [-0.2, -0.15) is 0 Å². The van der Waals surface area contributed by atoms with E-state index in [2.05, 4.69) is 4.98 Å². The van der Waals surface area contributed by atoms with E-state index in [0.717, 1.165) is 0 Å². The first-order chi connectivity index (χ1) is 31.8. The predicted octanol–water partition coefficient (Wildman–Crippen LogP) is 16.1. The summed E-state index contributed by atoms with van der Waals surface area (Å²) < 4.78 is 0. The van der Waals surface area contributed by atoms with Gasteiger partial charge in [0.1, 0.15) is 0 Å². The fourth-order valence-electron chi connectivity index (χ4n) is 17.9. The van der Waals surface area contributed by atoms with Gasteiger partial charge in [-0.3, -0.25) is 9.98 Å². The van der Waals surface area contributed by atoms with Crippen molar-refractivity contribution in [1.29, 1.82) is 0 Å². The van der Waals surface area contributed by atoms with Crippen LogP contribution in [-0.2, 0) is 12.8 Å². The molecular weight excluding hydrogens is 777 g/mol. The molecule has 1 saturated heterocycles. The van der Waals surface area contributed by atoms with Crippen LogP contribution in [0.15, 0.2) is 43.9 Å². The van der Waals surface area contributed by atoms with Gasteiger partial charge >= 0.3 is 0 Å². The van der Waals surface area contributed by atoms with E-state index in [1.54, 1.807) is 79.0 Å². The standard InChI is InChI=1S/C60H84N4/c1-5-21-37(22-6-1)49-53-41-29-13-15-31-43(41)55(61-53)50(38-23-7-2-8-24-38)57-45-33-17-19-35-47(45)59(63-57)52(40-27-11-4-12-28-40)60-48-36-20-18-34-46(48)58(64-60)51(39-25-9-3-10-26-39)56-44-32-16-14-30-42(44)54(49)62-56/h37-45,47,61,64H,1-36H2. The molecule has 6 atom stereocenters. The Labute approximate surface area is 388 Å². The molecule has 4 heterocycles. The van der Waals surface area contributed by atoms with Crippen molar-refractivity contribution in [2.24, 2.45) is 69.2 Å². The molecule has 1 aromatic heterocycles. The molecule has 8 fully saturated rings. The number of aliphatic imine (C=N–C) groups is 2. The Morgan fingerprint density at radius 1 is 0.297 bits per heavy atom. The average Bonchev–Trinajstić information content (AvgIpc) is 4.14. The molecule has 6 unspecified atom stereocenters. The predicted molar refractivity (Wildman–Crippen MR) is 266 cm³/mol. The fraction of sp³-hybridized carbons (Fsp3) is 0.767. The summed E-state index contributed by atoms with van der Waals surface area (Å²) in [5, 5.41) is 4.72. The molecule has 4 nitrogen and oxygen atoms in total. The van der Waals surface area contributed by atoms with Crippen LogP contribution in [0.1, 0.15) is 241 Å². The molecule has 0 aromatic carbocycles. The van der Waals surface area contributed by atoms with Crippen molar-refractivity contribution in [3.8, 4) is 0 Å². The van der Waals surface area contributed by atoms with E-state index in [1.165, 1.54) is 231 Å². The Morgan fingerprint density at radius 2 is 0.609 bits per heavy atom. The van der Waals surface area contributed by atoms with Crippen LogP contribution in [0.2, 0.25) is 0 Å². The summed E-state index contributed by atoms with van der Waals surface area (Å²) in [5.74, 6) is 6.28. The van der Waals surface area contributed by atoms with Gasteiger partial charge in [0.25, 0.3) is 0 Å². The number of nitrogens with zero attached hydrogens (tertiary/aromatic N) is 2. The highest BCUT2D eigenvalue weighted by Gasteiger charge is 2.50. The minimum absolute atomic E-state index is 0.596. The molecule has 64 heavy (non-hydrogen) atoms. The molecule has 4 heteroatoms. The summed E-state index contributed by atoms with van der Waals surface area (Å²) in [5.41, 5.74) is 23.6. The van der Waals surface area contributed by atoms with Gasteiger partial charge in [-0.1, -0.05) is 116 Å². The van der Waals surface area contributed by atoms with Gasteiger partial charge < -0.3 is 10.3 Å². The lowest BCUT2D eigenvalue weighted by Gasteiger charge is -2.34. The van der Waals surface area contributed by atoms with Crippen LogP contribution in [0.4, 0.5) is 0 Å². The monoisotopic (exact) mass is 861 g/mol. The van der Waals surface area contributed by atoms with Crippen molar-refractivity contribution >= 4 is 22.6 Å². The van der Waals surface area contributed by atoms with E-state index in [1.807, 2.05) is 0 Å². The molecular formula is C60H84N4. The highest BCUT2D eigenvalue weighted by atomic mass is 15.0. The second-order valence-electron chi connectivity index (χ2n) is 24.2. The summed E-state index contributed by atoms with van der Waals surface area (Å²) in [4.78, 5) is 17.6. The molecule has 12 aliphatic rings. The third-order valence-electron chi connectivity index (χ3n) is 20.8. The number of aromatic nitrogens is 1. The number of aromatic amines is 1. The minimum atomic E-state index is 0.596. The van der Waals surface area contributed by atoms with Crippen molar-refractivity contribution in [2.75, 3.05) is 0 Å². The average molecular weight is 861 g/mol. The zero-order chi connectivity index (χ0) is 42.1. The largest absolute Gasteiger partial charge is 0.361 e. The Morgan fingerprint density at radius 3 is 0.984 bits per heavy atom. The quantitative estimate of drug-likeness (QED) is 0.311. The van der Waals surface area contributed by atoms with Crippen LogP contribution in [-0.4, -0.2) is 16.4 Å². The third-order valence-corrected chi connectivity index (χ3v) is 20.8. The van der Waals surface area contributed by atoms with Crippen molar-refractivity contribution in [1.82, 2.24) is 10.3 Å². The number of hydrogen-bond acceptors (Lipinski definition) is 3. The summed E-state index contributed by atoms with van der Waals surface area (Å²) in [6.45, 7) is 0. The molecule has 8 bridgehead atoms. The molecule has 13 rings (SSSR count). The second-order valence-corrected chi connectivity index (χ2v) is 24.2. The molecule has 344 valence electrons. The highest BCUT2D eigenvalue weighted by Crippen LogP contribution is 2.58. The van der Waals surface area contributed by atoms with Crippen LogP contribution in [0, 0.1) is 59.2 Å². The van der Waals surface area contributed by atoms with Crippen LogP contribution in [0.5, 0.6) is 0 Å². The smallest absolute Gasteiger partial charge is 0.0500 e. The molecule has 0 amide bonds. The molecule has 1 aromatic rings. The van der Waals surface area contributed by atoms with Crippen molar-refractivity contribution in [3.05, 3.63) is 56.4 Å². The summed E-state index contributed by atoms with van der Waals surface area (Å²) in [6, 6.07) is 0. The number of allylic oxidation sites excluding steroid dienone is 8. The van der Waals surface area contributed by atoms with E-state index in [4.69, 9.17) is 15.3 Å². The van der Waals surface area contributed by atoms with Gasteiger partial charge in [0, 0.05) is 92.3 Å². The number of nitrogens with one attached hydrogen (secondary N) is 2. The lowest BCUT2D eigenvalue weighted by atomic mass is 9.68. The highest BCUT2D eigenvalue weighted by molar-refractivity contribution is 6.08. The van der Waals surface area contributed by atoms with E-state index in [9.17, 15) is 0 Å². The third kappa shape index (κ3) is 7.05. The number of H-pyrrole nitrogens is 1. The topological polar surface area (TPSA) is 52.5 Å². The van der Waals surface area contributed by atoms with Crippen molar-refractivity contribution in [2.45, 2.75) is 231 Å². The summed E-state index contributed by atoms with van der Waals surface area (Å²) in [6.07, 6.45) is 49.5. The first-order valence-corrected chi connectivity index (χ1v) is 29.0. The van der Waals surface area contributed by atoms with Gasteiger partial charge in [0.05, 0.1) is 0 Å². The summed E-state index contributed by atoms with van der Waals surface area (Å²) in [7, 11) is 0. The first kappa shape index (κ1) is 41.6. The Kier molecular flexibility index (Phi) is 11.6. The summed E-state index contributed by atoms with van der Waals surface area (Å²) >= 11 is 0. The maximum Gasteiger partial charge on any atom is 0.0500 e. The van der Waals surface area contributed by atoms with E-state index < -0.39 is 0 Å². The van der Waals surface area contributed by atoms with Gasteiger partial charge in [-0.05, 0) is 162 Å². The zero-order valence-corrected chi connectivity index (χ0v) is 40.1. The molecule has 7 saturated carbocycles. The Bertz CT molecular complexity index is 1990. The zero-order valence-electron chi connectivity index (χ0n) is 40.1. The van der Waals surface area contributed by atoms with Crippen LogP contribution in [0.3, 0.4) is 0 Å². The second kappa shape index (κ2) is 17.8. The molecule has 0 spiro atoms. The first-order valence-electron chi connectivity index (χ1n) is 29.0. The lowest BCUT2D eigenvalue weighted by molar-refractivity contribution is 0.324. The lowest BCUT2D eigenvalue weighted by Crippen LogP contribution is -2.31. The molecule has 0 radical (unpaired) electrons. The number of hydrogen-bond donors (Lipinski definition) is 2. The minimum Gasteiger partial charge on any atom is -0.361 e. The van der Waals surface area contributed by atoms with E-state index >= 15 is 0 Å².